The van der Waals surface area contributed by atoms with Gasteiger partial charge >= 0.3 is 230 Å². The van der Waals surface area contributed by atoms with Crippen LogP contribution in [-0.4, -0.2) is 56.9 Å². The van der Waals surface area contributed by atoms with E-state index in [4.69, 9.17) is 0 Å². The first-order valence-electron chi connectivity index (χ1n) is 16.8. The van der Waals surface area contributed by atoms with Crippen LogP contribution in [0.3, 0.4) is 0 Å². The van der Waals surface area contributed by atoms with E-state index in [9.17, 15) is 4.79 Å². The Bertz CT molecular complexity index is 1810. The number of carbonyl (C=O) groups excluding carboxylic acids is 1. The van der Waals surface area contributed by atoms with Crippen molar-refractivity contribution in [3.8, 4) is 11.8 Å². The fraction of sp³-hybridized carbons (Fsp3) is 0.186. The minimum Gasteiger partial charge on any atom is -0.0537 e. The predicted octanol–water partition coefficient (Wildman–Crippen LogP) is 7.62. The van der Waals surface area contributed by atoms with Gasteiger partial charge in [-0.3, -0.25) is 0 Å². The van der Waals surface area contributed by atoms with Crippen LogP contribution in [0.25, 0.3) is 6.08 Å². The van der Waals surface area contributed by atoms with Crippen LogP contribution in [0.15, 0.2) is 146 Å². The maximum Gasteiger partial charge on any atom is -0.0459 e. The molecule has 0 aliphatic carbocycles. The summed E-state index contributed by atoms with van der Waals surface area (Å²) in [6.07, 6.45) is 5.30. The number of anilines is 1. The number of halogens is 1. The molecule has 0 aromatic heterocycles. The summed E-state index contributed by atoms with van der Waals surface area (Å²) >= 11 is 4.61. The fourth-order valence-corrected chi connectivity index (χ4v) is 14.3. The van der Waals surface area contributed by atoms with Gasteiger partial charge in [-0.1, -0.05) is 18.1 Å². The van der Waals surface area contributed by atoms with Crippen LogP contribution in [0.4, 0.5) is 5.69 Å². The Labute approximate surface area is 299 Å². The Kier molecular flexibility index (Phi) is 11.1. The minimum absolute atomic E-state index is 0.368. The Balaban J connectivity index is 1.07. The Morgan fingerprint density at radius 3 is 1.63 bits per heavy atom. The van der Waals surface area contributed by atoms with E-state index in [1.165, 1.54) is 34.8 Å². The van der Waals surface area contributed by atoms with Gasteiger partial charge in [-0.25, -0.2) is 4.79 Å². The molecule has 0 atom stereocenters. The number of hydrogen-bond donors (Lipinski definition) is 0. The SMILES string of the molecule is COC(=O)/C=C/c1ccc(C#Cc2ccc(N3CCN(CCCP(Br)(c4ccccc4)(c4ccccc4)c4ccccc4)CC3)cc2)cc1. The molecule has 0 spiro atoms. The van der Waals surface area contributed by atoms with Crippen LogP contribution in [0.1, 0.15) is 23.1 Å². The number of rotatable bonds is 10. The van der Waals surface area contributed by atoms with Crippen LogP contribution in [-0.2, 0) is 9.53 Å². The number of ether oxygens (including phenoxy) is 1. The summed E-state index contributed by atoms with van der Waals surface area (Å²) in [7, 11) is 1.37. The normalized spacial score (nSPS) is 14.4. The predicted molar refractivity (Wildman–Crippen MR) is 212 cm³/mol. The van der Waals surface area contributed by atoms with Gasteiger partial charge in [0.05, 0.1) is 7.11 Å². The molecule has 0 amide bonds. The molecule has 0 unspecified atom stereocenters. The molecule has 6 heteroatoms. The maximum atomic E-state index is 11.3. The van der Waals surface area contributed by atoms with Crippen LogP contribution in [0, 0.1) is 11.8 Å². The van der Waals surface area contributed by atoms with Gasteiger partial charge in [0, 0.05) is 11.6 Å². The van der Waals surface area contributed by atoms with E-state index in [2.05, 4.69) is 157 Å². The van der Waals surface area contributed by atoms with Crippen molar-refractivity contribution in [2.75, 3.05) is 50.9 Å². The molecular weight excluding hydrogens is 687 g/mol. The summed E-state index contributed by atoms with van der Waals surface area (Å²) < 4.78 is 4.65. The summed E-state index contributed by atoms with van der Waals surface area (Å²) in [5, 5.41) is 1.25. The van der Waals surface area contributed by atoms with Gasteiger partial charge in [0.15, 0.2) is 0 Å². The number of piperazine rings is 1. The Hall–Kier alpha value is -4.46. The molecule has 6 rings (SSSR count). The smallest absolute Gasteiger partial charge is 0.0459 e. The van der Waals surface area contributed by atoms with Crippen molar-refractivity contribution in [3.63, 3.8) is 0 Å². The molecule has 5 aromatic carbocycles. The van der Waals surface area contributed by atoms with Crippen molar-refractivity contribution < 1.29 is 9.53 Å². The monoisotopic (exact) mass is 728 g/mol. The first kappa shape index (κ1) is 34.4. The average molecular weight is 730 g/mol. The third-order valence-electron chi connectivity index (χ3n) is 9.42. The first-order valence-corrected chi connectivity index (χ1v) is 21.3. The van der Waals surface area contributed by atoms with Crippen LogP contribution >= 0.6 is 20.8 Å². The van der Waals surface area contributed by atoms with E-state index >= 15 is 0 Å². The molecule has 0 radical (unpaired) electrons. The zero-order valence-corrected chi connectivity index (χ0v) is 30.4. The number of nitrogens with zero attached hydrogens (tertiary/aromatic N) is 2. The standard InChI is InChI=1S/C43H42BrN2O2P/c1-48-43(47)29-26-37-21-18-36(19-22-37)20-23-38-24-27-39(28-25-38)46-33-31-45(32-34-46)30-11-35-49(44,40-12-5-2-6-13-40,41-14-7-3-8-15-41)42-16-9-4-10-17-42/h2-10,12-19,21-22,24-29H,11,30-35H2,1H3/b29-26+. The third-order valence-corrected chi connectivity index (χ3v) is 19.4. The number of carbonyl (C=O) groups is 1. The topological polar surface area (TPSA) is 32.8 Å². The Morgan fingerprint density at radius 2 is 1.16 bits per heavy atom. The maximum absolute atomic E-state index is 11.3. The first-order chi connectivity index (χ1) is 24.0. The van der Waals surface area contributed by atoms with Gasteiger partial charge in [0.25, 0.3) is 0 Å². The summed E-state index contributed by atoms with van der Waals surface area (Å²) in [6, 6.07) is 49.7. The van der Waals surface area contributed by atoms with Crippen LogP contribution < -0.4 is 20.8 Å². The molecule has 1 aliphatic rings. The van der Waals surface area contributed by atoms with Crippen molar-refractivity contribution in [1.29, 1.82) is 0 Å². The zero-order valence-electron chi connectivity index (χ0n) is 27.9. The van der Waals surface area contributed by atoms with Gasteiger partial charge in [-0.15, -0.1) is 0 Å². The Morgan fingerprint density at radius 1 is 0.694 bits per heavy atom. The van der Waals surface area contributed by atoms with E-state index in [1.54, 1.807) is 6.08 Å². The van der Waals surface area contributed by atoms with E-state index in [0.717, 1.165) is 62.0 Å². The molecule has 5 aromatic rings. The van der Waals surface area contributed by atoms with E-state index < -0.39 is 5.31 Å². The molecule has 248 valence electrons. The second kappa shape index (κ2) is 15.8. The van der Waals surface area contributed by atoms with Crippen LogP contribution in [0.5, 0.6) is 0 Å². The van der Waals surface area contributed by atoms with Crippen molar-refractivity contribution in [2.24, 2.45) is 0 Å². The molecular formula is C43H42BrN2O2P. The third kappa shape index (κ3) is 7.90. The summed E-state index contributed by atoms with van der Waals surface area (Å²) in [5.74, 6) is 6.16. The van der Waals surface area contributed by atoms with Gasteiger partial charge in [0.2, 0.25) is 0 Å². The molecule has 0 bridgehead atoms. The van der Waals surface area contributed by atoms with Gasteiger partial charge in [-0.05, 0) is 23.8 Å². The van der Waals surface area contributed by atoms with E-state index in [0.29, 0.717) is 0 Å². The van der Waals surface area contributed by atoms with E-state index in [1.807, 2.05) is 24.3 Å². The van der Waals surface area contributed by atoms with Crippen molar-refractivity contribution in [3.05, 3.63) is 162 Å². The van der Waals surface area contributed by atoms with Gasteiger partial charge in [-0.2, -0.15) is 0 Å². The summed E-state index contributed by atoms with van der Waals surface area (Å²) in [5.41, 5.74) is 4.09. The minimum atomic E-state index is -2.89. The summed E-state index contributed by atoms with van der Waals surface area (Å²) in [4.78, 5) is 16.4. The molecule has 1 saturated heterocycles. The van der Waals surface area contributed by atoms with Crippen molar-refractivity contribution in [2.45, 2.75) is 6.42 Å². The second-order valence-corrected chi connectivity index (χ2v) is 21.4. The zero-order chi connectivity index (χ0) is 34.0. The molecule has 4 nitrogen and oxygen atoms in total. The largest absolute Gasteiger partial charge is 0.0537 e. The second-order valence-electron chi connectivity index (χ2n) is 12.4. The van der Waals surface area contributed by atoms with Crippen LogP contribution in [0.2, 0.25) is 0 Å². The molecule has 49 heavy (non-hydrogen) atoms. The number of benzene rings is 5. The fourth-order valence-electron chi connectivity index (χ4n) is 6.68. The molecule has 0 N–H and O–H groups in total. The van der Waals surface area contributed by atoms with Gasteiger partial charge < -0.3 is 4.74 Å². The molecule has 1 heterocycles. The van der Waals surface area contributed by atoms with Crippen molar-refractivity contribution in [1.82, 2.24) is 4.90 Å². The number of hydrogen-bond acceptors (Lipinski definition) is 4. The van der Waals surface area contributed by atoms with E-state index in [-0.39, 0.29) is 5.97 Å². The molecule has 1 fully saturated rings. The molecule has 0 saturated carbocycles. The van der Waals surface area contributed by atoms with Crippen molar-refractivity contribution >= 4 is 54.4 Å². The van der Waals surface area contributed by atoms with Gasteiger partial charge in [0.1, 0.15) is 0 Å². The number of methoxy groups -OCH3 is 1. The molecule has 1 aliphatic heterocycles. The quantitative estimate of drug-likeness (QED) is 0.0642. The number of esters is 1. The average Bonchev–Trinajstić information content (AvgIpc) is 3.18. The summed E-state index contributed by atoms with van der Waals surface area (Å²) in [6.45, 7) is 5.19.